The second-order valence-corrected chi connectivity index (χ2v) is 5.60. The lowest BCUT2D eigenvalue weighted by Crippen LogP contribution is -1.95. The van der Waals surface area contributed by atoms with Crippen molar-refractivity contribution >= 4 is 41.6 Å². The van der Waals surface area contributed by atoms with Gasteiger partial charge in [-0.25, -0.2) is 0 Å². The van der Waals surface area contributed by atoms with E-state index in [0.717, 1.165) is 0 Å². The lowest BCUT2D eigenvalue weighted by Gasteiger charge is -2.07. The molecule has 2 heterocycles. The lowest BCUT2D eigenvalue weighted by molar-refractivity contribution is 0.270. The zero-order valence-corrected chi connectivity index (χ0v) is 13.9. The van der Waals surface area contributed by atoms with Crippen molar-refractivity contribution in [3.05, 3.63) is 63.0 Å². The second kappa shape index (κ2) is 6.99. The molecule has 0 saturated heterocycles. The summed E-state index contributed by atoms with van der Waals surface area (Å²) in [5, 5.41) is 11.4. The first kappa shape index (κ1) is 15.8. The Kier molecular flexibility index (Phi) is 4.80. The van der Waals surface area contributed by atoms with Crippen LogP contribution in [0.25, 0.3) is 0 Å². The molecule has 1 aromatic carbocycles. The molecule has 0 bridgehead atoms. The third kappa shape index (κ3) is 3.82. The molecule has 0 aliphatic carbocycles. The van der Waals surface area contributed by atoms with Crippen LogP contribution in [0.5, 0.6) is 5.75 Å². The normalized spacial score (nSPS) is 11.2. The van der Waals surface area contributed by atoms with Crippen LogP contribution in [0.1, 0.15) is 11.5 Å². The SMILES string of the molecule is S=c1[nH]ncn1/N=C/c1ccc(COc2c(Cl)cccc2Cl)o1. The number of aromatic amines is 1. The Hall–Kier alpha value is -2.09. The molecule has 0 saturated carbocycles. The molecule has 0 fully saturated rings. The number of H-pyrrole nitrogens is 1. The minimum Gasteiger partial charge on any atom is -0.483 e. The van der Waals surface area contributed by atoms with Gasteiger partial charge in [-0.15, -0.1) is 0 Å². The molecule has 9 heteroatoms. The van der Waals surface area contributed by atoms with E-state index in [4.69, 9.17) is 44.6 Å². The third-order valence-corrected chi connectivity index (χ3v) is 3.68. The van der Waals surface area contributed by atoms with Crippen LogP contribution in [0, 0.1) is 4.77 Å². The highest BCUT2D eigenvalue weighted by Gasteiger charge is 2.08. The van der Waals surface area contributed by atoms with Gasteiger partial charge in [-0.2, -0.15) is 14.9 Å². The summed E-state index contributed by atoms with van der Waals surface area (Å²) in [4.78, 5) is 0. The number of halogens is 2. The lowest BCUT2D eigenvalue weighted by atomic mass is 10.3. The Morgan fingerprint density at radius 2 is 2.09 bits per heavy atom. The number of nitrogens with one attached hydrogen (secondary N) is 1. The van der Waals surface area contributed by atoms with Crippen molar-refractivity contribution in [2.45, 2.75) is 6.61 Å². The Morgan fingerprint density at radius 1 is 1.30 bits per heavy atom. The van der Waals surface area contributed by atoms with Gasteiger partial charge in [0.25, 0.3) is 0 Å². The van der Waals surface area contributed by atoms with Gasteiger partial charge in [-0.3, -0.25) is 5.10 Å². The number of nitrogens with zero attached hydrogens (tertiary/aromatic N) is 3. The molecule has 0 aliphatic heterocycles. The topological polar surface area (TPSA) is 68.3 Å². The largest absolute Gasteiger partial charge is 0.483 e. The molecule has 2 aromatic heterocycles. The average molecular weight is 369 g/mol. The van der Waals surface area contributed by atoms with Crippen LogP contribution in [-0.4, -0.2) is 21.1 Å². The van der Waals surface area contributed by atoms with Crippen LogP contribution in [0.2, 0.25) is 10.0 Å². The summed E-state index contributed by atoms with van der Waals surface area (Å²) < 4.78 is 13.0. The van der Waals surface area contributed by atoms with E-state index in [1.54, 1.807) is 30.3 Å². The average Bonchev–Trinajstić information content (AvgIpc) is 3.14. The predicted molar refractivity (Wildman–Crippen MR) is 89.9 cm³/mol. The highest BCUT2D eigenvalue weighted by Crippen LogP contribution is 2.32. The molecule has 0 radical (unpaired) electrons. The van der Waals surface area contributed by atoms with E-state index < -0.39 is 0 Å². The first-order valence-corrected chi connectivity index (χ1v) is 7.62. The fourth-order valence-corrected chi connectivity index (χ4v) is 2.40. The Bertz CT molecular complexity index is 880. The molecule has 0 spiro atoms. The maximum absolute atomic E-state index is 6.04. The van der Waals surface area contributed by atoms with E-state index in [2.05, 4.69) is 15.3 Å². The van der Waals surface area contributed by atoms with E-state index in [1.165, 1.54) is 17.2 Å². The molecule has 6 nitrogen and oxygen atoms in total. The highest BCUT2D eigenvalue weighted by molar-refractivity contribution is 7.71. The fraction of sp³-hybridized carbons (Fsp3) is 0.0714. The summed E-state index contributed by atoms with van der Waals surface area (Å²) in [6.07, 6.45) is 2.99. The number of hydrogen-bond acceptors (Lipinski definition) is 5. The number of ether oxygens (including phenoxy) is 1. The van der Waals surface area contributed by atoms with Crippen molar-refractivity contribution in [1.82, 2.24) is 14.9 Å². The van der Waals surface area contributed by atoms with Crippen molar-refractivity contribution in [3.63, 3.8) is 0 Å². The zero-order valence-electron chi connectivity index (χ0n) is 11.6. The van der Waals surface area contributed by atoms with E-state index in [0.29, 0.717) is 32.1 Å². The second-order valence-electron chi connectivity index (χ2n) is 4.39. The number of benzene rings is 1. The highest BCUT2D eigenvalue weighted by atomic mass is 35.5. The summed E-state index contributed by atoms with van der Waals surface area (Å²) in [5.41, 5.74) is 0. The minimum absolute atomic E-state index is 0.197. The van der Waals surface area contributed by atoms with Gasteiger partial charge in [-0.05, 0) is 36.5 Å². The zero-order chi connectivity index (χ0) is 16.2. The summed E-state index contributed by atoms with van der Waals surface area (Å²) in [7, 11) is 0. The van der Waals surface area contributed by atoms with E-state index in [-0.39, 0.29) is 6.61 Å². The predicted octanol–water partition coefficient (Wildman–Crippen LogP) is 4.30. The van der Waals surface area contributed by atoms with E-state index in [9.17, 15) is 0 Å². The number of hydrogen-bond donors (Lipinski definition) is 1. The number of para-hydroxylation sites is 1. The van der Waals surface area contributed by atoms with Crippen LogP contribution in [0.15, 0.2) is 46.2 Å². The number of aromatic nitrogens is 3. The molecular weight excluding hydrogens is 359 g/mol. The molecule has 23 heavy (non-hydrogen) atoms. The van der Waals surface area contributed by atoms with Gasteiger partial charge >= 0.3 is 0 Å². The first-order valence-electron chi connectivity index (χ1n) is 6.45. The number of furan rings is 1. The van der Waals surface area contributed by atoms with Crippen molar-refractivity contribution in [2.24, 2.45) is 5.10 Å². The summed E-state index contributed by atoms with van der Waals surface area (Å²) in [6.45, 7) is 0.197. The van der Waals surface area contributed by atoms with E-state index >= 15 is 0 Å². The van der Waals surface area contributed by atoms with Crippen LogP contribution in [-0.2, 0) is 6.61 Å². The van der Waals surface area contributed by atoms with Gasteiger partial charge in [0, 0.05) is 0 Å². The van der Waals surface area contributed by atoms with Crippen LogP contribution < -0.4 is 4.74 Å². The van der Waals surface area contributed by atoms with Gasteiger partial charge in [-0.1, -0.05) is 29.3 Å². The van der Waals surface area contributed by atoms with Crippen molar-refractivity contribution in [1.29, 1.82) is 0 Å². The van der Waals surface area contributed by atoms with Crippen molar-refractivity contribution in [2.75, 3.05) is 0 Å². The molecule has 1 N–H and O–H groups in total. The molecule has 3 rings (SSSR count). The molecule has 0 unspecified atom stereocenters. The number of rotatable bonds is 5. The van der Waals surface area contributed by atoms with Crippen molar-refractivity contribution < 1.29 is 9.15 Å². The van der Waals surface area contributed by atoms with Crippen LogP contribution in [0.4, 0.5) is 0 Å². The van der Waals surface area contributed by atoms with Gasteiger partial charge in [0.15, 0.2) is 5.75 Å². The standard InChI is InChI=1S/C14H10Cl2N4O2S/c15-11-2-1-3-12(16)13(11)21-7-10-5-4-9(22-10)6-18-20-8-17-19-14(20)23/h1-6,8H,7H2,(H,19,23)/b18-6+. The van der Waals surface area contributed by atoms with E-state index in [1.807, 2.05) is 0 Å². The van der Waals surface area contributed by atoms with Gasteiger partial charge < -0.3 is 9.15 Å². The maximum atomic E-state index is 6.04. The summed E-state index contributed by atoms with van der Waals surface area (Å²) >= 11 is 17.1. The smallest absolute Gasteiger partial charge is 0.216 e. The monoisotopic (exact) mass is 368 g/mol. The van der Waals surface area contributed by atoms with Gasteiger partial charge in [0.05, 0.1) is 16.3 Å². The first-order chi connectivity index (χ1) is 11.1. The quantitative estimate of drug-likeness (QED) is 0.538. The molecular formula is C14H10Cl2N4O2S. The van der Waals surface area contributed by atoms with Gasteiger partial charge in [0.2, 0.25) is 4.77 Å². The van der Waals surface area contributed by atoms with Gasteiger partial charge in [0.1, 0.15) is 24.5 Å². The Labute approximate surface area is 146 Å². The minimum atomic E-state index is 0.197. The van der Waals surface area contributed by atoms with Crippen LogP contribution >= 0.6 is 35.4 Å². The molecule has 0 aliphatic rings. The molecule has 0 amide bonds. The maximum Gasteiger partial charge on any atom is 0.216 e. The third-order valence-electron chi connectivity index (χ3n) is 2.80. The summed E-state index contributed by atoms with van der Waals surface area (Å²) in [6, 6.07) is 8.70. The Balaban J connectivity index is 1.67. The fourth-order valence-electron chi connectivity index (χ4n) is 1.75. The Morgan fingerprint density at radius 3 is 2.78 bits per heavy atom. The summed E-state index contributed by atoms with van der Waals surface area (Å²) in [5.74, 6) is 1.59. The molecule has 3 aromatic rings. The van der Waals surface area contributed by atoms with Crippen LogP contribution in [0.3, 0.4) is 0 Å². The molecule has 118 valence electrons. The van der Waals surface area contributed by atoms with Crippen molar-refractivity contribution in [3.8, 4) is 5.75 Å². The molecule has 0 atom stereocenters.